The summed E-state index contributed by atoms with van der Waals surface area (Å²) >= 11 is 0. The molecule has 114 valence electrons. The van der Waals surface area contributed by atoms with Crippen LogP contribution >= 0.6 is 0 Å². The molecule has 0 heterocycles. The lowest BCUT2D eigenvalue weighted by molar-refractivity contribution is -0.385. The fourth-order valence-corrected chi connectivity index (χ4v) is 1.55. The number of aliphatic hydroxyl groups excluding tert-OH is 2. The summed E-state index contributed by atoms with van der Waals surface area (Å²) in [7, 11) is 0.948. The Bertz CT molecular complexity index is 604. The quantitative estimate of drug-likeness (QED) is 0.373. The molecule has 0 bridgehead atoms. The van der Waals surface area contributed by atoms with E-state index < -0.39 is 51.6 Å². The first-order valence-electron chi connectivity index (χ1n) is 5.42. The first-order chi connectivity index (χ1) is 9.70. The number of amides is 1. The van der Waals surface area contributed by atoms with Crippen molar-refractivity contribution in [2.75, 3.05) is 7.11 Å². The van der Waals surface area contributed by atoms with E-state index in [0.29, 0.717) is 12.1 Å². The van der Waals surface area contributed by atoms with Crippen LogP contribution in [-0.2, 0) is 9.53 Å². The van der Waals surface area contributed by atoms with Gasteiger partial charge in [-0.3, -0.25) is 14.9 Å². The Hall–Kier alpha value is -2.59. The number of hydrogen-bond acceptors (Lipinski definition) is 7. The number of primary amides is 1. The van der Waals surface area contributed by atoms with Crippen molar-refractivity contribution in [1.29, 1.82) is 0 Å². The SMILES string of the molecule is COC(=O)c1cc(F)c(C(O)C(O)C(N)=O)cc1[N+](=O)[O-]. The van der Waals surface area contributed by atoms with E-state index in [2.05, 4.69) is 4.74 Å². The van der Waals surface area contributed by atoms with Crippen LogP contribution in [0.1, 0.15) is 22.0 Å². The van der Waals surface area contributed by atoms with Gasteiger partial charge in [0.2, 0.25) is 5.91 Å². The molecule has 0 fully saturated rings. The molecule has 0 spiro atoms. The second-order valence-corrected chi connectivity index (χ2v) is 3.93. The number of hydrogen-bond donors (Lipinski definition) is 3. The lowest BCUT2D eigenvalue weighted by Crippen LogP contribution is -2.34. The molecular formula is C11H11FN2O7. The monoisotopic (exact) mass is 302 g/mol. The van der Waals surface area contributed by atoms with Gasteiger partial charge < -0.3 is 20.7 Å². The summed E-state index contributed by atoms with van der Waals surface area (Å²) in [4.78, 5) is 32.0. The van der Waals surface area contributed by atoms with Gasteiger partial charge in [-0.1, -0.05) is 0 Å². The number of nitrogens with zero attached hydrogens (tertiary/aromatic N) is 1. The van der Waals surface area contributed by atoms with E-state index in [0.717, 1.165) is 7.11 Å². The summed E-state index contributed by atoms with van der Waals surface area (Å²) < 4.78 is 18.1. The molecule has 0 radical (unpaired) electrons. The van der Waals surface area contributed by atoms with Crippen molar-refractivity contribution in [3.63, 3.8) is 0 Å². The first kappa shape index (κ1) is 16.5. The average Bonchev–Trinajstić information content (AvgIpc) is 2.43. The highest BCUT2D eigenvalue weighted by Gasteiger charge is 2.31. The lowest BCUT2D eigenvalue weighted by Gasteiger charge is -2.16. The molecule has 4 N–H and O–H groups in total. The number of nitro groups is 1. The predicted molar refractivity (Wildman–Crippen MR) is 64.6 cm³/mol. The molecular weight excluding hydrogens is 291 g/mol. The van der Waals surface area contributed by atoms with E-state index >= 15 is 0 Å². The Morgan fingerprint density at radius 1 is 1.43 bits per heavy atom. The zero-order chi connectivity index (χ0) is 16.3. The minimum atomic E-state index is -2.16. The highest BCUT2D eigenvalue weighted by atomic mass is 19.1. The van der Waals surface area contributed by atoms with Crippen molar-refractivity contribution in [3.05, 3.63) is 39.2 Å². The molecule has 0 aliphatic carbocycles. The standard InChI is InChI=1S/C11H11FN2O7/c1-21-11(18)5-2-6(12)4(3-7(5)14(19)20)8(15)9(16)10(13)17/h2-3,8-9,15-16H,1H3,(H2,13,17). The molecule has 0 aliphatic heterocycles. The maximum Gasteiger partial charge on any atom is 0.344 e. The smallest absolute Gasteiger partial charge is 0.344 e. The highest BCUT2D eigenvalue weighted by Crippen LogP contribution is 2.29. The topological polar surface area (TPSA) is 153 Å². The number of rotatable bonds is 5. The van der Waals surface area contributed by atoms with Crippen molar-refractivity contribution in [2.24, 2.45) is 5.73 Å². The van der Waals surface area contributed by atoms with E-state index in [-0.39, 0.29) is 0 Å². The Labute approximate surface area is 116 Å². The van der Waals surface area contributed by atoms with Crippen molar-refractivity contribution < 1.29 is 33.9 Å². The minimum absolute atomic E-state index is 0.468. The third-order valence-corrected chi connectivity index (χ3v) is 2.63. The molecule has 1 rings (SSSR count). The van der Waals surface area contributed by atoms with Crippen molar-refractivity contribution in [2.45, 2.75) is 12.2 Å². The van der Waals surface area contributed by atoms with Crippen molar-refractivity contribution in [3.8, 4) is 0 Å². The zero-order valence-electron chi connectivity index (χ0n) is 10.6. The molecule has 2 atom stereocenters. The van der Waals surface area contributed by atoms with E-state index in [9.17, 15) is 34.3 Å². The summed E-state index contributed by atoms with van der Waals surface area (Å²) in [5.74, 6) is -3.74. The number of ether oxygens (including phenoxy) is 1. The van der Waals surface area contributed by atoms with Gasteiger partial charge >= 0.3 is 5.97 Å². The summed E-state index contributed by atoms with van der Waals surface area (Å²) in [6.07, 6.45) is -4.28. The van der Waals surface area contributed by atoms with E-state index in [4.69, 9.17) is 5.73 Å². The van der Waals surface area contributed by atoms with Crippen LogP contribution in [0.3, 0.4) is 0 Å². The summed E-state index contributed by atoms with van der Waals surface area (Å²) in [6, 6.07) is 0.995. The van der Waals surface area contributed by atoms with Gasteiger partial charge in [-0.15, -0.1) is 0 Å². The van der Waals surface area contributed by atoms with Crippen LogP contribution in [0, 0.1) is 15.9 Å². The second kappa shape index (κ2) is 6.24. The number of nitrogens with two attached hydrogens (primary N) is 1. The van der Waals surface area contributed by atoms with E-state index in [1.165, 1.54) is 0 Å². The van der Waals surface area contributed by atoms with Crippen LogP contribution in [0.4, 0.5) is 10.1 Å². The van der Waals surface area contributed by atoms with Crippen LogP contribution < -0.4 is 5.73 Å². The van der Waals surface area contributed by atoms with Gasteiger partial charge in [0, 0.05) is 11.6 Å². The van der Waals surface area contributed by atoms with Crippen molar-refractivity contribution in [1.82, 2.24) is 0 Å². The summed E-state index contributed by atoms with van der Waals surface area (Å²) in [5, 5.41) is 29.7. The molecule has 0 saturated heterocycles. The fourth-order valence-electron chi connectivity index (χ4n) is 1.55. The molecule has 10 heteroatoms. The molecule has 0 aromatic heterocycles. The van der Waals surface area contributed by atoms with Gasteiger partial charge in [-0.05, 0) is 6.07 Å². The number of benzene rings is 1. The third kappa shape index (κ3) is 3.30. The Morgan fingerprint density at radius 2 is 2.00 bits per heavy atom. The van der Waals surface area contributed by atoms with Crippen LogP contribution in [-0.4, -0.2) is 40.2 Å². The highest BCUT2D eigenvalue weighted by molar-refractivity contribution is 5.94. The molecule has 1 aromatic carbocycles. The summed E-state index contributed by atoms with van der Waals surface area (Å²) in [6.45, 7) is 0. The normalized spacial score (nSPS) is 13.3. The number of aliphatic hydroxyl groups is 2. The van der Waals surface area contributed by atoms with Gasteiger partial charge in [0.05, 0.1) is 12.0 Å². The first-order valence-corrected chi connectivity index (χ1v) is 5.42. The van der Waals surface area contributed by atoms with Crippen LogP contribution in [0.2, 0.25) is 0 Å². The van der Waals surface area contributed by atoms with Crippen LogP contribution in [0.5, 0.6) is 0 Å². The zero-order valence-corrected chi connectivity index (χ0v) is 10.6. The van der Waals surface area contributed by atoms with E-state index in [1.807, 2.05) is 0 Å². The molecule has 2 unspecified atom stereocenters. The minimum Gasteiger partial charge on any atom is -0.465 e. The Kier molecular flexibility index (Phi) is 4.89. The molecule has 21 heavy (non-hydrogen) atoms. The van der Waals surface area contributed by atoms with Gasteiger partial charge in [0.25, 0.3) is 5.69 Å². The number of carbonyl (C=O) groups excluding carboxylic acids is 2. The number of esters is 1. The molecule has 0 aliphatic rings. The number of halogens is 1. The average molecular weight is 302 g/mol. The Morgan fingerprint density at radius 3 is 2.43 bits per heavy atom. The maximum atomic E-state index is 13.8. The Balaban J connectivity index is 3.44. The van der Waals surface area contributed by atoms with Gasteiger partial charge in [0.1, 0.15) is 17.5 Å². The second-order valence-electron chi connectivity index (χ2n) is 3.93. The number of carbonyl (C=O) groups is 2. The largest absolute Gasteiger partial charge is 0.465 e. The van der Waals surface area contributed by atoms with E-state index in [1.54, 1.807) is 0 Å². The van der Waals surface area contributed by atoms with Crippen LogP contribution in [0.25, 0.3) is 0 Å². The maximum absolute atomic E-state index is 13.8. The van der Waals surface area contributed by atoms with Crippen LogP contribution in [0.15, 0.2) is 12.1 Å². The lowest BCUT2D eigenvalue weighted by atomic mass is 10.00. The van der Waals surface area contributed by atoms with Gasteiger partial charge in [0.15, 0.2) is 6.10 Å². The number of methoxy groups -OCH3 is 1. The van der Waals surface area contributed by atoms with Gasteiger partial charge in [-0.25, -0.2) is 9.18 Å². The number of nitro benzene ring substituents is 1. The molecule has 0 saturated carbocycles. The molecule has 9 nitrogen and oxygen atoms in total. The molecule has 1 amide bonds. The molecule has 1 aromatic rings. The van der Waals surface area contributed by atoms with Crippen molar-refractivity contribution >= 4 is 17.6 Å². The third-order valence-electron chi connectivity index (χ3n) is 2.63. The predicted octanol–water partition coefficient (Wildman–Crippen LogP) is -0.600. The summed E-state index contributed by atoms with van der Waals surface area (Å²) in [5.41, 5.74) is 2.46. The fraction of sp³-hybridized carbons (Fsp3) is 0.273. The van der Waals surface area contributed by atoms with Gasteiger partial charge in [-0.2, -0.15) is 0 Å².